The van der Waals surface area contributed by atoms with E-state index < -0.39 is 0 Å². The lowest BCUT2D eigenvalue weighted by Gasteiger charge is -2.35. The van der Waals surface area contributed by atoms with Crippen molar-refractivity contribution in [2.75, 3.05) is 19.8 Å². The Hall–Kier alpha value is -2.55. The van der Waals surface area contributed by atoms with Crippen LogP contribution in [0.4, 0.5) is 0 Å². The number of rotatable bonds is 5. The Morgan fingerprint density at radius 1 is 1.50 bits per heavy atom. The molecule has 24 heavy (non-hydrogen) atoms. The largest absolute Gasteiger partial charge is 0.377 e. The zero-order valence-corrected chi connectivity index (χ0v) is 13.5. The van der Waals surface area contributed by atoms with Gasteiger partial charge in [0.1, 0.15) is 18.5 Å². The summed E-state index contributed by atoms with van der Waals surface area (Å²) in [5.41, 5.74) is 0.349. The summed E-state index contributed by atoms with van der Waals surface area (Å²) in [6, 6.07) is 1.11. The van der Waals surface area contributed by atoms with Crippen LogP contribution in [0.5, 0.6) is 0 Å². The molecule has 0 radical (unpaired) electrons. The van der Waals surface area contributed by atoms with E-state index in [0.29, 0.717) is 50.7 Å². The van der Waals surface area contributed by atoms with Gasteiger partial charge in [0.2, 0.25) is 5.91 Å². The first-order valence-electron chi connectivity index (χ1n) is 7.91. The summed E-state index contributed by atoms with van der Waals surface area (Å²) in [6.07, 6.45) is 4.18. The van der Waals surface area contributed by atoms with Crippen LogP contribution < -0.4 is 5.56 Å². The first-order valence-corrected chi connectivity index (χ1v) is 7.91. The molecular weight excluding hydrogens is 312 g/mol. The Bertz CT molecular complexity index is 742. The molecule has 2 aromatic rings. The molecule has 1 aliphatic heterocycles. The number of amides is 1. The molecule has 0 aromatic carbocycles. The van der Waals surface area contributed by atoms with Crippen LogP contribution in [-0.4, -0.2) is 55.3 Å². The summed E-state index contributed by atoms with van der Waals surface area (Å²) in [7, 11) is 0. The lowest BCUT2D eigenvalue weighted by molar-refractivity contribution is -0.140. The van der Waals surface area contributed by atoms with Crippen LogP contribution in [-0.2, 0) is 16.1 Å². The molecular formula is C15H20N6O3. The molecule has 9 heteroatoms. The predicted molar refractivity (Wildman–Crippen MR) is 84.1 cm³/mol. The third-order valence-electron chi connectivity index (χ3n) is 3.91. The van der Waals surface area contributed by atoms with E-state index in [1.54, 1.807) is 22.8 Å². The highest BCUT2D eigenvalue weighted by Crippen LogP contribution is 2.23. The van der Waals surface area contributed by atoms with Crippen molar-refractivity contribution in [1.29, 1.82) is 0 Å². The molecule has 0 bridgehead atoms. The SMILES string of the molecule is Cc1nc(C2COCCN2C(=O)CCCn2cncn2)cc(=O)[nH]1. The second-order valence-corrected chi connectivity index (χ2v) is 5.70. The monoisotopic (exact) mass is 332 g/mol. The molecule has 0 aliphatic carbocycles. The van der Waals surface area contributed by atoms with Crippen LogP contribution in [0.2, 0.25) is 0 Å². The number of hydrogen-bond donors (Lipinski definition) is 1. The Morgan fingerprint density at radius 3 is 3.12 bits per heavy atom. The zero-order valence-electron chi connectivity index (χ0n) is 13.5. The predicted octanol–water partition coefficient (Wildman–Crippen LogP) is 0.0501. The number of aromatic nitrogens is 5. The standard InChI is InChI=1S/C15H20N6O3/c1-11-18-12(7-14(22)19-11)13-8-24-6-5-21(13)15(23)3-2-4-20-10-16-9-17-20/h7,9-10,13H,2-6,8H2,1H3,(H,18,19,22). The first-order chi connectivity index (χ1) is 11.6. The molecule has 128 valence electrons. The number of nitrogens with one attached hydrogen (secondary N) is 1. The first kappa shape index (κ1) is 16.3. The molecule has 2 aromatic heterocycles. The number of ether oxygens (including phenoxy) is 1. The fourth-order valence-corrected chi connectivity index (χ4v) is 2.80. The number of H-pyrrole nitrogens is 1. The van der Waals surface area contributed by atoms with E-state index >= 15 is 0 Å². The van der Waals surface area contributed by atoms with E-state index in [1.165, 1.54) is 12.4 Å². The van der Waals surface area contributed by atoms with Crippen LogP contribution in [0, 0.1) is 6.92 Å². The number of aryl methyl sites for hydroxylation is 2. The molecule has 0 spiro atoms. The second-order valence-electron chi connectivity index (χ2n) is 5.70. The maximum absolute atomic E-state index is 12.6. The van der Waals surface area contributed by atoms with Gasteiger partial charge in [0.15, 0.2) is 0 Å². The topological polar surface area (TPSA) is 106 Å². The van der Waals surface area contributed by atoms with Crippen molar-refractivity contribution in [3.63, 3.8) is 0 Å². The Labute approximate surface area is 138 Å². The minimum atomic E-state index is -0.321. The highest BCUT2D eigenvalue weighted by molar-refractivity contribution is 5.76. The quantitative estimate of drug-likeness (QED) is 0.829. The number of nitrogens with zero attached hydrogens (tertiary/aromatic N) is 5. The molecule has 1 amide bonds. The lowest BCUT2D eigenvalue weighted by Crippen LogP contribution is -2.44. The van der Waals surface area contributed by atoms with Crippen molar-refractivity contribution < 1.29 is 9.53 Å². The van der Waals surface area contributed by atoms with Gasteiger partial charge < -0.3 is 14.6 Å². The number of carbonyl (C=O) groups is 1. The van der Waals surface area contributed by atoms with Crippen molar-refractivity contribution in [1.82, 2.24) is 29.6 Å². The van der Waals surface area contributed by atoms with Crippen molar-refractivity contribution in [3.05, 3.63) is 40.6 Å². The lowest BCUT2D eigenvalue weighted by atomic mass is 10.1. The van der Waals surface area contributed by atoms with Gasteiger partial charge in [0, 0.05) is 25.6 Å². The molecule has 1 N–H and O–H groups in total. The summed E-state index contributed by atoms with van der Waals surface area (Å²) < 4.78 is 7.19. The maximum Gasteiger partial charge on any atom is 0.251 e. The van der Waals surface area contributed by atoms with Crippen molar-refractivity contribution in [2.24, 2.45) is 0 Å². The summed E-state index contributed by atoms with van der Waals surface area (Å²) in [4.78, 5) is 36.9. The minimum Gasteiger partial charge on any atom is -0.377 e. The summed E-state index contributed by atoms with van der Waals surface area (Å²) >= 11 is 0. The van der Waals surface area contributed by atoms with E-state index in [2.05, 4.69) is 20.1 Å². The van der Waals surface area contributed by atoms with Crippen LogP contribution in [0.25, 0.3) is 0 Å². The third-order valence-corrected chi connectivity index (χ3v) is 3.91. The number of morpholine rings is 1. The van der Waals surface area contributed by atoms with E-state index in [9.17, 15) is 9.59 Å². The Morgan fingerprint density at radius 2 is 2.38 bits per heavy atom. The molecule has 0 saturated carbocycles. The fourth-order valence-electron chi connectivity index (χ4n) is 2.80. The number of carbonyl (C=O) groups excluding carboxylic acids is 1. The minimum absolute atomic E-state index is 0.0307. The third kappa shape index (κ3) is 3.85. The van der Waals surface area contributed by atoms with Crippen LogP contribution in [0.1, 0.15) is 30.4 Å². The highest BCUT2D eigenvalue weighted by Gasteiger charge is 2.29. The molecule has 1 atom stereocenters. The molecule has 3 heterocycles. The Balaban J connectivity index is 1.67. The van der Waals surface area contributed by atoms with Crippen molar-refractivity contribution in [2.45, 2.75) is 32.4 Å². The van der Waals surface area contributed by atoms with E-state index in [0.717, 1.165) is 0 Å². The summed E-state index contributed by atoms with van der Waals surface area (Å²) in [5.74, 6) is 0.560. The van der Waals surface area contributed by atoms with Gasteiger partial charge >= 0.3 is 0 Å². The average molecular weight is 332 g/mol. The molecule has 3 rings (SSSR count). The Kier molecular flexibility index (Phi) is 4.99. The van der Waals surface area contributed by atoms with Gasteiger partial charge in [-0.1, -0.05) is 0 Å². The molecule has 9 nitrogen and oxygen atoms in total. The van der Waals surface area contributed by atoms with Crippen molar-refractivity contribution in [3.8, 4) is 0 Å². The smallest absolute Gasteiger partial charge is 0.251 e. The molecule has 1 aliphatic rings. The van der Waals surface area contributed by atoms with E-state index in [-0.39, 0.29) is 17.5 Å². The molecule has 1 unspecified atom stereocenters. The molecule has 1 fully saturated rings. The van der Waals surface area contributed by atoms with Gasteiger partial charge in [-0.25, -0.2) is 9.97 Å². The zero-order chi connectivity index (χ0) is 16.9. The van der Waals surface area contributed by atoms with Gasteiger partial charge in [0.25, 0.3) is 5.56 Å². The van der Waals surface area contributed by atoms with Gasteiger partial charge in [-0.15, -0.1) is 0 Å². The molecule has 1 saturated heterocycles. The highest BCUT2D eigenvalue weighted by atomic mass is 16.5. The van der Waals surface area contributed by atoms with Crippen LogP contribution in [0.3, 0.4) is 0 Å². The number of hydrogen-bond acceptors (Lipinski definition) is 6. The average Bonchev–Trinajstić information content (AvgIpc) is 3.07. The van der Waals surface area contributed by atoms with Gasteiger partial charge in [-0.05, 0) is 13.3 Å². The van der Waals surface area contributed by atoms with Gasteiger partial charge in [0.05, 0.1) is 24.9 Å². The van der Waals surface area contributed by atoms with E-state index in [1.807, 2.05) is 0 Å². The normalized spacial score (nSPS) is 17.9. The second kappa shape index (κ2) is 7.35. The van der Waals surface area contributed by atoms with Crippen molar-refractivity contribution >= 4 is 5.91 Å². The van der Waals surface area contributed by atoms with Crippen LogP contribution >= 0.6 is 0 Å². The number of aromatic amines is 1. The summed E-state index contributed by atoms with van der Waals surface area (Å²) in [6.45, 7) is 3.71. The summed E-state index contributed by atoms with van der Waals surface area (Å²) in [5, 5.41) is 4.02. The van der Waals surface area contributed by atoms with Gasteiger partial charge in [-0.3, -0.25) is 14.3 Å². The van der Waals surface area contributed by atoms with Gasteiger partial charge in [-0.2, -0.15) is 5.10 Å². The van der Waals surface area contributed by atoms with Crippen LogP contribution in [0.15, 0.2) is 23.5 Å². The maximum atomic E-state index is 12.6. The fraction of sp³-hybridized carbons (Fsp3) is 0.533. The van der Waals surface area contributed by atoms with E-state index in [4.69, 9.17) is 4.74 Å².